The number of likely N-dealkylation sites (tertiary alicyclic amines) is 2. The third kappa shape index (κ3) is 3.11. The normalized spacial score (nSPS) is 26.3. The molecule has 1 N–H and O–H groups in total. The van der Waals surface area contributed by atoms with Gasteiger partial charge < -0.3 is 24.4 Å². The Balaban J connectivity index is 1.52. The molecular formula is C19H24N2O5. The first-order valence-electron chi connectivity index (χ1n) is 9.12. The summed E-state index contributed by atoms with van der Waals surface area (Å²) in [5, 5.41) is 9.68. The number of aliphatic carboxylic acids is 1. The lowest BCUT2D eigenvalue weighted by atomic mass is 9.89. The molecule has 3 aliphatic heterocycles. The van der Waals surface area contributed by atoms with Gasteiger partial charge in [0.2, 0.25) is 12.7 Å². The van der Waals surface area contributed by atoms with Gasteiger partial charge in [0.05, 0.1) is 5.92 Å². The molecule has 0 aliphatic carbocycles. The molecule has 2 saturated heterocycles. The highest BCUT2D eigenvalue weighted by Gasteiger charge is 2.42. The van der Waals surface area contributed by atoms with Gasteiger partial charge in [-0.25, -0.2) is 0 Å². The number of fused-ring (bicyclic) bond motifs is 1. The van der Waals surface area contributed by atoms with E-state index < -0.39 is 11.9 Å². The van der Waals surface area contributed by atoms with Crippen molar-refractivity contribution in [1.29, 1.82) is 0 Å². The van der Waals surface area contributed by atoms with Crippen molar-refractivity contribution in [3.8, 4) is 11.5 Å². The van der Waals surface area contributed by atoms with E-state index in [2.05, 4.69) is 11.9 Å². The van der Waals surface area contributed by atoms with Gasteiger partial charge in [-0.05, 0) is 50.7 Å². The van der Waals surface area contributed by atoms with Crippen LogP contribution in [0.4, 0.5) is 0 Å². The number of hydrogen-bond donors (Lipinski definition) is 1. The van der Waals surface area contributed by atoms with Crippen LogP contribution < -0.4 is 9.47 Å². The lowest BCUT2D eigenvalue weighted by Crippen LogP contribution is -2.41. The van der Waals surface area contributed by atoms with Crippen molar-refractivity contribution in [2.24, 2.45) is 11.8 Å². The van der Waals surface area contributed by atoms with Crippen molar-refractivity contribution in [1.82, 2.24) is 9.80 Å². The first-order chi connectivity index (χ1) is 12.5. The Morgan fingerprint density at radius 1 is 1.12 bits per heavy atom. The summed E-state index contributed by atoms with van der Waals surface area (Å²) in [6, 6.07) is 5.56. The summed E-state index contributed by atoms with van der Waals surface area (Å²) in [7, 11) is 2.06. The highest BCUT2D eigenvalue weighted by atomic mass is 16.7. The van der Waals surface area contributed by atoms with Crippen LogP contribution in [0.5, 0.6) is 11.5 Å². The highest BCUT2D eigenvalue weighted by molar-refractivity contribution is 5.81. The van der Waals surface area contributed by atoms with Gasteiger partial charge in [-0.15, -0.1) is 0 Å². The first kappa shape index (κ1) is 17.1. The molecule has 0 saturated carbocycles. The second-order valence-electron chi connectivity index (χ2n) is 7.48. The molecule has 2 fully saturated rings. The zero-order chi connectivity index (χ0) is 18.3. The van der Waals surface area contributed by atoms with Gasteiger partial charge in [-0.3, -0.25) is 9.59 Å². The first-order valence-corrected chi connectivity index (χ1v) is 9.12. The number of carboxylic acids is 1. The number of benzene rings is 1. The molecule has 0 spiro atoms. The zero-order valence-corrected chi connectivity index (χ0v) is 14.9. The van der Waals surface area contributed by atoms with E-state index in [1.807, 2.05) is 18.2 Å². The smallest absolute Gasteiger partial charge is 0.308 e. The van der Waals surface area contributed by atoms with Gasteiger partial charge in [0.25, 0.3) is 0 Å². The molecule has 4 rings (SSSR count). The fourth-order valence-corrected chi connectivity index (χ4v) is 4.23. The molecule has 1 aromatic carbocycles. The van der Waals surface area contributed by atoms with E-state index >= 15 is 0 Å². The monoisotopic (exact) mass is 360 g/mol. The van der Waals surface area contributed by atoms with Gasteiger partial charge >= 0.3 is 5.97 Å². The number of carbonyl (C=O) groups excluding carboxylic acids is 1. The maximum absolute atomic E-state index is 12.9. The number of ether oxygens (including phenoxy) is 2. The van der Waals surface area contributed by atoms with Crippen LogP contribution in [0.1, 0.15) is 24.3 Å². The van der Waals surface area contributed by atoms with Crippen molar-refractivity contribution < 1.29 is 24.2 Å². The molecule has 1 aromatic rings. The largest absolute Gasteiger partial charge is 0.481 e. The van der Waals surface area contributed by atoms with Gasteiger partial charge in [0.15, 0.2) is 11.5 Å². The number of rotatable bonds is 3. The average Bonchev–Trinajstić information content (AvgIpc) is 3.28. The van der Waals surface area contributed by atoms with E-state index in [1.54, 1.807) is 4.90 Å². The Bertz CT molecular complexity index is 714. The van der Waals surface area contributed by atoms with Crippen molar-refractivity contribution in [3.63, 3.8) is 0 Å². The second-order valence-corrected chi connectivity index (χ2v) is 7.48. The number of piperidine rings is 1. The summed E-state index contributed by atoms with van der Waals surface area (Å²) in [6.07, 6.45) is 1.69. The van der Waals surface area contributed by atoms with Crippen LogP contribution in [0.2, 0.25) is 0 Å². The summed E-state index contributed by atoms with van der Waals surface area (Å²) in [5.41, 5.74) is 0.889. The number of nitrogens with zero attached hydrogens (tertiary/aromatic N) is 2. The molecular weight excluding hydrogens is 336 g/mol. The van der Waals surface area contributed by atoms with E-state index in [4.69, 9.17) is 9.47 Å². The summed E-state index contributed by atoms with van der Waals surface area (Å²) in [4.78, 5) is 28.7. The van der Waals surface area contributed by atoms with E-state index in [1.165, 1.54) is 0 Å². The molecule has 7 nitrogen and oxygen atoms in total. The Kier molecular flexibility index (Phi) is 4.48. The molecule has 0 radical (unpaired) electrons. The van der Waals surface area contributed by atoms with Crippen LogP contribution in [-0.4, -0.2) is 66.8 Å². The molecule has 1 amide bonds. The molecule has 140 valence electrons. The Morgan fingerprint density at radius 3 is 2.58 bits per heavy atom. The van der Waals surface area contributed by atoms with E-state index in [0.29, 0.717) is 18.0 Å². The van der Waals surface area contributed by atoms with Crippen LogP contribution >= 0.6 is 0 Å². The third-order valence-corrected chi connectivity index (χ3v) is 5.84. The second kappa shape index (κ2) is 6.79. The van der Waals surface area contributed by atoms with Crippen molar-refractivity contribution in [2.75, 3.05) is 40.0 Å². The lowest BCUT2D eigenvalue weighted by Gasteiger charge is -2.30. The number of hydrogen-bond acceptors (Lipinski definition) is 5. The molecule has 2 atom stereocenters. The molecule has 26 heavy (non-hydrogen) atoms. The predicted molar refractivity (Wildman–Crippen MR) is 93.2 cm³/mol. The minimum atomic E-state index is -0.855. The number of amides is 1. The highest BCUT2D eigenvalue weighted by Crippen LogP contribution is 2.40. The molecule has 0 bridgehead atoms. The van der Waals surface area contributed by atoms with Gasteiger partial charge in [-0.2, -0.15) is 0 Å². The quantitative estimate of drug-likeness (QED) is 0.877. The van der Waals surface area contributed by atoms with E-state index in [9.17, 15) is 14.7 Å². The lowest BCUT2D eigenvalue weighted by molar-refractivity contribution is -0.142. The fourth-order valence-electron chi connectivity index (χ4n) is 4.23. The summed E-state index contributed by atoms with van der Waals surface area (Å²) < 4.78 is 10.7. The maximum Gasteiger partial charge on any atom is 0.308 e. The fraction of sp³-hybridized carbons (Fsp3) is 0.579. The molecule has 3 aliphatic rings. The zero-order valence-electron chi connectivity index (χ0n) is 14.9. The molecule has 7 heteroatoms. The predicted octanol–water partition coefficient (Wildman–Crippen LogP) is 1.38. The summed E-state index contributed by atoms with van der Waals surface area (Å²) in [5.74, 6) is -0.234. The van der Waals surface area contributed by atoms with Crippen molar-refractivity contribution >= 4 is 11.9 Å². The third-order valence-electron chi connectivity index (χ3n) is 5.84. The van der Waals surface area contributed by atoms with Crippen LogP contribution in [-0.2, 0) is 9.59 Å². The minimum Gasteiger partial charge on any atom is -0.481 e. The minimum absolute atomic E-state index is 0.0103. The average molecular weight is 360 g/mol. The van der Waals surface area contributed by atoms with Crippen LogP contribution in [0.25, 0.3) is 0 Å². The Hall–Kier alpha value is -2.28. The summed E-state index contributed by atoms with van der Waals surface area (Å²) in [6.45, 7) is 2.74. The van der Waals surface area contributed by atoms with Crippen LogP contribution in [0, 0.1) is 11.8 Å². The topological polar surface area (TPSA) is 79.3 Å². The molecule has 0 unspecified atom stereocenters. The van der Waals surface area contributed by atoms with Gasteiger partial charge in [0.1, 0.15) is 0 Å². The standard InChI is InChI=1S/C19H24N2O5/c1-20-6-4-12(5-7-20)18(22)21-9-14(15(10-21)19(23)24)13-2-3-16-17(8-13)26-11-25-16/h2-3,8,12,14-15H,4-7,9-11H2,1H3,(H,23,24)/t14-,15+/m1/s1. The van der Waals surface area contributed by atoms with Crippen LogP contribution in [0.15, 0.2) is 18.2 Å². The SMILES string of the molecule is CN1CCC(C(=O)N2C[C@H](C(=O)O)[C@@H](c3ccc4c(c3)OCO4)C2)CC1. The van der Waals surface area contributed by atoms with Crippen molar-refractivity contribution in [2.45, 2.75) is 18.8 Å². The molecule has 0 aromatic heterocycles. The Labute approximate surface area is 152 Å². The van der Waals surface area contributed by atoms with Crippen LogP contribution in [0.3, 0.4) is 0 Å². The van der Waals surface area contributed by atoms with Gasteiger partial charge in [-0.1, -0.05) is 6.07 Å². The number of carbonyl (C=O) groups is 2. The van der Waals surface area contributed by atoms with Crippen molar-refractivity contribution in [3.05, 3.63) is 23.8 Å². The van der Waals surface area contributed by atoms with Gasteiger partial charge in [0, 0.05) is 24.9 Å². The molecule has 3 heterocycles. The summed E-state index contributed by atoms with van der Waals surface area (Å²) >= 11 is 0. The van der Waals surface area contributed by atoms with E-state index in [0.717, 1.165) is 31.5 Å². The van der Waals surface area contributed by atoms with E-state index in [-0.39, 0.29) is 31.1 Å². The number of carboxylic acid groups (broad SMARTS) is 1. The maximum atomic E-state index is 12.9. The Morgan fingerprint density at radius 2 is 1.85 bits per heavy atom.